The molecule has 0 radical (unpaired) electrons. The average molecular weight is 267 g/mol. The van der Waals surface area contributed by atoms with E-state index in [2.05, 4.69) is 41.5 Å². The van der Waals surface area contributed by atoms with Crippen LogP contribution in [0.5, 0.6) is 0 Å². The molecule has 0 spiro atoms. The van der Waals surface area contributed by atoms with Gasteiger partial charge in [0.15, 0.2) is 0 Å². The van der Waals surface area contributed by atoms with Gasteiger partial charge in [0.1, 0.15) is 0 Å². The molecule has 17 heavy (non-hydrogen) atoms. The Kier molecular flexibility index (Phi) is 9.93. The molecule has 1 unspecified atom stereocenters. The second-order valence-corrected chi connectivity index (χ2v) is 6.60. The van der Waals surface area contributed by atoms with Gasteiger partial charge in [0, 0.05) is 0 Å². The summed E-state index contributed by atoms with van der Waals surface area (Å²) in [6.45, 7) is 12.9. The van der Waals surface area contributed by atoms with Gasteiger partial charge < -0.3 is 10.5 Å². The van der Waals surface area contributed by atoms with E-state index in [1.54, 1.807) is 0 Å². The Morgan fingerprint density at radius 3 is 1.94 bits per heavy atom. The third-order valence-electron chi connectivity index (χ3n) is 2.49. The van der Waals surface area contributed by atoms with Gasteiger partial charge in [-0.15, -0.1) is 6.54 Å². The van der Waals surface area contributed by atoms with Crippen LogP contribution in [0.1, 0.15) is 48.0 Å². The zero-order chi connectivity index (χ0) is 13.0. The van der Waals surface area contributed by atoms with Crippen LogP contribution in [0.3, 0.4) is 0 Å². The Morgan fingerprint density at radius 1 is 1.18 bits per heavy atom. The van der Waals surface area contributed by atoms with Gasteiger partial charge in [-0.3, -0.25) is 4.79 Å². The molecule has 0 aromatic heterocycles. The minimum Gasteiger partial charge on any atom is -0.675 e. The summed E-state index contributed by atoms with van der Waals surface area (Å²) in [5, 5.41) is 0. The van der Waals surface area contributed by atoms with Crippen LogP contribution in [0, 0.1) is 16.7 Å². The van der Waals surface area contributed by atoms with Crippen LogP contribution in [0.25, 0.3) is 5.73 Å². The molecule has 0 aromatic rings. The Bertz CT molecular complexity index is 229. The molecule has 0 aromatic carbocycles. The first-order chi connectivity index (χ1) is 7.08. The second kappa shape index (κ2) is 8.28. The number of hydrogen-bond donors (Lipinski definition) is 0. The molecule has 4 heteroatoms. The molecule has 1 atom stereocenters. The molecular formula is C13H26KNO2. The third kappa shape index (κ3) is 9.62. The zero-order valence-electron chi connectivity index (χ0n) is 12.5. The van der Waals surface area contributed by atoms with Crippen molar-refractivity contribution < 1.29 is 60.9 Å². The van der Waals surface area contributed by atoms with E-state index in [4.69, 9.17) is 10.5 Å². The molecule has 0 bridgehead atoms. The van der Waals surface area contributed by atoms with Gasteiger partial charge in [-0.1, -0.05) is 41.5 Å². The van der Waals surface area contributed by atoms with E-state index in [-0.39, 0.29) is 87.3 Å². The third-order valence-corrected chi connectivity index (χ3v) is 2.49. The fourth-order valence-corrected chi connectivity index (χ4v) is 1.61. The fourth-order valence-electron chi connectivity index (χ4n) is 1.61. The molecule has 0 rings (SSSR count). The van der Waals surface area contributed by atoms with Gasteiger partial charge in [0.2, 0.25) is 0 Å². The molecule has 0 amide bonds. The van der Waals surface area contributed by atoms with Crippen molar-refractivity contribution in [1.29, 1.82) is 0 Å². The fraction of sp³-hybridized carbons (Fsp3) is 0.923. The van der Waals surface area contributed by atoms with Crippen LogP contribution in [0.2, 0.25) is 0 Å². The van der Waals surface area contributed by atoms with Crippen molar-refractivity contribution in [2.75, 3.05) is 13.2 Å². The van der Waals surface area contributed by atoms with Gasteiger partial charge in [-0.25, -0.2) is 0 Å². The zero-order valence-corrected chi connectivity index (χ0v) is 15.6. The maximum absolute atomic E-state index is 11.9. The second-order valence-electron chi connectivity index (χ2n) is 6.60. The quantitative estimate of drug-likeness (QED) is 0.556. The molecule has 1 N–H and O–H groups in total. The van der Waals surface area contributed by atoms with Crippen LogP contribution in [0.15, 0.2) is 0 Å². The summed E-state index contributed by atoms with van der Waals surface area (Å²) >= 11 is 0. The Balaban J connectivity index is 0. The molecule has 0 heterocycles. The predicted octanol–water partition coefficient (Wildman–Crippen LogP) is 0.684. The summed E-state index contributed by atoms with van der Waals surface area (Å²) in [5.41, 5.74) is 7.01. The molecule has 0 aliphatic carbocycles. The van der Waals surface area contributed by atoms with E-state index in [0.717, 1.165) is 6.42 Å². The smallest absolute Gasteiger partial charge is 0.675 e. The Hall–Kier alpha value is 1.07. The van der Waals surface area contributed by atoms with Crippen molar-refractivity contribution in [3.63, 3.8) is 0 Å². The summed E-state index contributed by atoms with van der Waals surface area (Å²) in [5.74, 6) is -0.256. The van der Waals surface area contributed by atoms with E-state index < -0.39 is 0 Å². The molecule has 0 saturated carbocycles. The maximum atomic E-state index is 11.9. The first-order valence-electron chi connectivity index (χ1n) is 5.89. The van der Waals surface area contributed by atoms with Gasteiger partial charge in [-0.05, 0) is 17.3 Å². The number of rotatable bonds is 4. The van der Waals surface area contributed by atoms with Gasteiger partial charge in [0.05, 0.1) is 12.5 Å². The maximum Gasteiger partial charge on any atom is 1.00 e. The molecule has 96 valence electrons. The van der Waals surface area contributed by atoms with E-state index >= 15 is 0 Å². The van der Waals surface area contributed by atoms with Crippen molar-refractivity contribution in [3.05, 3.63) is 5.73 Å². The summed E-state index contributed by atoms with van der Waals surface area (Å²) in [6, 6.07) is 0. The number of carbonyl (C=O) groups is 1. The van der Waals surface area contributed by atoms with Crippen molar-refractivity contribution >= 4 is 5.97 Å². The Morgan fingerprint density at radius 2 is 1.65 bits per heavy atom. The van der Waals surface area contributed by atoms with E-state index in [1.807, 2.05) is 0 Å². The van der Waals surface area contributed by atoms with Crippen LogP contribution in [-0.2, 0) is 9.53 Å². The van der Waals surface area contributed by atoms with Crippen LogP contribution in [-0.4, -0.2) is 19.1 Å². The van der Waals surface area contributed by atoms with Crippen molar-refractivity contribution in [3.8, 4) is 0 Å². The van der Waals surface area contributed by atoms with Gasteiger partial charge in [-0.2, -0.15) is 0 Å². The topological polar surface area (TPSA) is 50.1 Å². The summed E-state index contributed by atoms with van der Waals surface area (Å²) < 4.78 is 5.10. The summed E-state index contributed by atoms with van der Waals surface area (Å²) in [6.07, 6.45) is 0.813. The van der Waals surface area contributed by atoms with E-state index in [1.165, 1.54) is 0 Å². The predicted molar refractivity (Wildman–Crippen MR) is 67.2 cm³/mol. The number of esters is 1. The monoisotopic (exact) mass is 267 g/mol. The van der Waals surface area contributed by atoms with Gasteiger partial charge >= 0.3 is 57.4 Å². The standard InChI is InChI=1S/C13H26NO2.K/c1-12(2,3)9-10(13(4,5)6)11(15)16-8-7-14;/h10,14H,7-9H2,1-6H3;/q-1;+1. The van der Waals surface area contributed by atoms with Crippen LogP contribution in [0.4, 0.5) is 0 Å². The molecule has 0 saturated heterocycles. The van der Waals surface area contributed by atoms with Gasteiger partial charge in [0.25, 0.3) is 0 Å². The van der Waals surface area contributed by atoms with Crippen LogP contribution >= 0.6 is 0 Å². The first-order valence-corrected chi connectivity index (χ1v) is 5.89. The molecule has 0 fully saturated rings. The van der Waals surface area contributed by atoms with E-state index in [9.17, 15) is 4.79 Å². The van der Waals surface area contributed by atoms with Crippen LogP contribution < -0.4 is 51.4 Å². The molecule has 0 aliphatic rings. The SMILES string of the molecule is CC(C)(C)CC(C(=O)OCC[NH-])C(C)(C)C.[K+]. The number of nitrogens with one attached hydrogen (secondary N) is 1. The minimum absolute atomic E-state index is 0. The molecule has 3 nitrogen and oxygen atoms in total. The summed E-state index contributed by atoms with van der Waals surface area (Å²) in [4.78, 5) is 11.9. The summed E-state index contributed by atoms with van der Waals surface area (Å²) in [7, 11) is 0. The number of carbonyl (C=O) groups excluding carboxylic acids is 1. The molecule has 0 aliphatic heterocycles. The largest absolute Gasteiger partial charge is 1.00 e. The van der Waals surface area contributed by atoms with Crippen molar-refractivity contribution in [2.45, 2.75) is 48.0 Å². The van der Waals surface area contributed by atoms with Crippen molar-refractivity contribution in [1.82, 2.24) is 0 Å². The Labute approximate surface area is 149 Å². The number of hydrogen-bond acceptors (Lipinski definition) is 2. The van der Waals surface area contributed by atoms with E-state index in [0.29, 0.717) is 0 Å². The minimum atomic E-state index is -0.158. The first kappa shape index (κ1) is 20.4. The molecular weight excluding hydrogens is 241 g/mol. The average Bonchev–Trinajstić information content (AvgIpc) is 2.07. The number of ether oxygens (including phenoxy) is 1. The van der Waals surface area contributed by atoms with Crippen molar-refractivity contribution in [2.24, 2.45) is 16.7 Å². The normalized spacial score (nSPS) is 13.8.